The first-order valence-corrected chi connectivity index (χ1v) is 31.5. The van der Waals surface area contributed by atoms with Crippen LogP contribution in [0.25, 0.3) is 0 Å². The zero-order chi connectivity index (χ0) is 56.4. The van der Waals surface area contributed by atoms with Gasteiger partial charge in [-0.05, 0) is 141 Å². The molecular weight excluding hydrogens is 961 g/mol. The molecule has 0 aromatic rings. The lowest BCUT2D eigenvalue weighted by Crippen LogP contribution is -2.30. The van der Waals surface area contributed by atoms with Crippen molar-refractivity contribution in [1.82, 2.24) is 0 Å². The van der Waals surface area contributed by atoms with Crippen LogP contribution in [0, 0.1) is 0 Å². The van der Waals surface area contributed by atoms with Crippen LogP contribution < -0.4 is 0 Å². The van der Waals surface area contributed by atoms with Gasteiger partial charge in [-0.3, -0.25) is 14.4 Å². The van der Waals surface area contributed by atoms with Crippen molar-refractivity contribution in [3.63, 3.8) is 0 Å². The first-order valence-electron chi connectivity index (χ1n) is 31.5. The third-order valence-corrected chi connectivity index (χ3v) is 12.7. The number of allylic oxidation sites excluding steroid dienone is 26. The summed E-state index contributed by atoms with van der Waals surface area (Å²) >= 11 is 0. The number of carbonyl (C=O) groups excluding carboxylic acids is 3. The minimum absolute atomic E-state index is 0.113. The molecule has 6 heteroatoms. The van der Waals surface area contributed by atoms with E-state index < -0.39 is 6.10 Å². The molecule has 0 aliphatic heterocycles. The lowest BCUT2D eigenvalue weighted by molar-refractivity contribution is -0.167. The van der Waals surface area contributed by atoms with Crippen LogP contribution in [-0.2, 0) is 28.6 Å². The molecule has 1 unspecified atom stereocenters. The van der Waals surface area contributed by atoms with E-state index >= 15 is 0 Å². The molecule has 0 aliphatic rings. The molecule has 0 amide bonds. The Morgan fingerprint density at radius 3 is 0.872 bits per heavy atom. The first kappa shape index (κ1) is 73.0. The molecule has 0 saturated heterocycles. The van der Waals surface area contributed by atoms with Gasteiger partial charge in [-0.2, -0.15) is 0 Å². The van der Waals surface area contributed by atoms with E-state index in [9.17, 15) is 14.4 Å². The van der Waals surface area contributed by atoms with Gasteiger partial charge in [0.15, 0.2) is 6.10 Å². The van der Waals surface area contributed by atoms with E-state index in [1.165, 1.54) is 70.6 Å². The predicted octanol–water partition coefficient (Wildman–Crippen LogP) is 21.7. The van der Waals surface area contributed by atoms with E-state index in [0.29, 0.717) is 19.3 Å². The number of hydrogen-bond acceptors (Lipinski definition) is 6. The average Bonchev–Trinajstić information content (AvgIpc) is 3.44. The first-order chi connectivity index (χ1) is 38.5. The number of unbranched alkanes of at least 4 members (excludes halogenated alkanes) is 18. The number of rotatable bonds is 55. The van der Waals surface area contributed by atoms with Gasteiger partial charge in [0.2, 0.25) is 0 Å². The molecule has 0 saturated carbocycles. The van der Waals surface area contributed by atoms with Gasteiger partial charge in [0, 0.05) is 19.3 Å². The smallest absolute Gasteiger partial charge is 0.306 e. The third-order valence-electron chi connectivity index (χ3n) is 12.7. The molecule has 0 aliphatic carbocycles. The maximum absolute atomic E-state index is 12.9. The Morgan fingerprint density at radius 1 is 0.269 bits per heavy atom. The van der Waals surface area contributed by atoms with Crippen LogP contribution in [0.15, 0.2) is 158 Å². The van der Waals surface area contributed by atoms with Crippen molar-refractivity contribution in [3.8, 4) is 0 Å². The predicted molar refractivity (Wildman–Crippen MR) is 338 cm³/mol. The minimum Gasteiger partial charge on any atom is -0.462 e. The monoisotopic (exact) mass is 1070 g/mol. The summed E-state index contributed by atoms with van der Waals surface area (Å²) in [6.45, 7) is 6.39. The molecular formula is C72H114O6. The fraction of sp³-hybridized carbons (Fsp3) is 0.597. The van der Waals surface area contributed by atoms with E-state index in [2.05, 4.69) is 179 Å². The minimum atomic E-state index is -0.820. The number of carbonyl (C=O) groups is 3. The Labute approximate surface area is 480 Å². The van der Waals surface area contributed by atoms with Gasteiger partial charge in [0.25, 0.3) is 0 Å². The average molecular weight is 1080 g/mol. The highest BCUT2D eigenvalue weighted by Gasteiger charge is 2.19. The van der Waals surface area contributed by atoms with Crippen LogP contribution >= 0.6 is 0 Å². The SMILES string of the molecule is CC/C=C\C/C=C\C/C=C\C/C=C\C/C=C\C/C=C\C/C=C\C/C=C\C/C=C\CCCC(=O)OCC(COC(=O)CCCCCCC/C=C\C/C=C\CCCC)OC(=O)CCCCCCCCC/C=C\C/C=C\CCCCC. The summed E-state index contributed by atoms with van der Waals surface area (Å²) in [4.78, 5) is 38.2. The van der Waals surface area contributed by atoms with Crippen LogP contribution in [0.1, 0.15) is 258 Å². The molecule has 78 heavy (non-hydrogen) atoms. The van der Waals surface area contributed by atoms with Crippen molar-refractivity contribution in [3.05, 3.63) is 158 Å². The number of hydrogen-bond donors (Lipinski definition) is 0. The van der Waals surface area contributed by atoms with Gasteiger partial charge >= 0.3 is 17.9 Å². The summed E-state index contributed by atoms with van der Waals surface area (Å²) in [5, 5.41) is 0. The molecule has 0 rings (SSSR count). The van der Waals surface area contributed by atoms with Crippen LogP contribution in [0.4, 0.5) is 0 Å². The second-order valence-electron chi connectivity index (χ2n) is 20.2. The highest BCUT2D eigenvalue weighted by atomic mass is 16.6. The summed E-state index contributed by atoms with van der Waals surface area (Å²) in [5.74, 6) is -1.000. The molecule has 0 bridgehead atoms. The van der Waals surface area contributed by atoms with Crippen molar-refractivity contribution in [2.45, 2.75) is 264 Å². The molecule has 0 aromatic heterocycles. The van der Waals surface area contributed by atoms with Crippen molar-refractivity contribution in [1.29, 1.82) is 0 Å². The summed E-state index contributed by atoms with van der Waals surface area (Å²) < 4.78 is 16.8. The maximum Gasteiger partial charge on any atom is 0.306 e. The fourth-order valence-electron chi connectivity index (χ4n) is 8.02. The molecule has 1 atom stereocenters. The van der Waals surface area contributed by atoms with Crippen LogP contribution in [0.2, 0.25) is 0 Å². The molecule has 0 heterocycles. The zero-order valence-electron chi connectivity index (χ0n) is 50.1. The molecule has 0 N–H and O–H groups in total. The van der Waals surface area contributed by atoms with Gasteiger partial charge in [-0.1, -0.05) is 256 Å². The van der Waals surface area contributed by atoms with Crippen LogP contribution in [0.5, 0.6) is 0 Å². The fourth-order valence-corrected chi connectivity index (χ4v) is 8.02. The Bertz CT molecular complexity index is 1760. The van der Waals surface area contributed by atoms with Gasteiger partial charge in [-0.15, -0.1) is 0 Å². The highest BCUT2D eigenvalue weighted by Crippen LogP contribution is 2.13. The number of esters is 3. The van der Waals surface area contributed by atoms with Gasteiger partial charge < -0.3 is 14.2 Å². The molecule has 438 valence electrons. The summed E-state index contributed by atoms with van der Waals surface area (Å²) in [5.41, 5.74) is 0. The van der Waals surface area contributed by atoms with E-state index in [0.717, 1.165) is 141 Å². The molecule has 0 radical (unpaired) electrons. The number of ether oxygens (including phenoxy) is 3. The molecule has 0 spiro atoms. The quantitative estimate of drug-likeness (QED) is 0.0261. The van der Waals surface area contributed by atoms with E-state index in [1.54, 1.807) is 0 Å². The third kappa shape index (κ3) is 61.9. The Balaban J connectivity index is 4.49. The summed E-state index contributed by atoms with van der Waals surface area (Å²) in [6.07, 6.45) is 93.9. The van der Waals surface area contributed by atoms with Gasteiger partial charge in [-0.25, -0.2) is 0 Å². The zero-order valence-corrected chi connectivity index (χ0v) is 50.1. The highest BCUT2D eigenvalue weighted by molar-refractivity contribution is 5.71. The van der Waals surface area contributed by atoms with E-state index in [-0.39, 0.29) is 37.5 Å². The summed E-state index contributed by atoms with van der Waals surface area (Å²) in [6, 6.07) is 0. The molecule has 0 aromatic carbocycles. The Kier molecular flexibility index (Phi) is 60.4. The van der Waals surface area contributed by atoms with E-state index in [1.807, 2.05) is 0 Å². The standard InChI is InChI=1S/C72H114O6/c1-4-7-10-13-16-19-22-25-28-30-31-32-33-34-35-36-37-38-39-40-41-43-44-47-50-53-56-59-62-65-71(74)77-68-69(67-76-70(73)64-61-58-55-52-49-46-27-24-21-18-15-12-9-6-3)78-72(75)66-63-60-57-54-51-48-45-42-29-26-23-20-17-14-11-8-5-2/h7,10,15-20,24-29,31-32,34-35,37-38,40-41,44,47,53,56,69H,4-6,8-9,11-14,21-23,30,33,36,39,42-43,45-46,48-52,54-55,57-68H2,1-3H3/b10-7-,18-15-,19-16-,20-17-,27-24-,28-25-,29-26-,32-31-,35-34-,38-37-,41-40-,47-44-,56-53-. The second kappa shape index (κ2) is 64.6. The van der Waals surface area contributed by atoms with E-state index in [4.69, 9.17) is 14.2 Å². The topological polar surface area (TPSA) is 78.9 Å². The second-order valence-corrected chi connectivity index (χ2v) is 20.2. The summed E-state index contributed by atoms with van der Waals surface area (Å²) in [7, 11) is 0. The maximum atomic E-state index is 12.9. The molecule has 0 fully saturated rings. The normalized spacial score (nSPS) is 13.2. The largest absolute Gasteiger partial charge is 0.462 e. The van der Waals surface area contributed by atoms with Crippen molar-refractivity contribution >= 4 is 17.9 Å². The van der Waals surface area contributed by atoms with Gasteiger partial charge in [0.05, 0.1) is 0 Å². The van der Waals surface area contributed by atoms with Crippen molar-refractivity contribution in [2.75, 3.05) is 13.2 Å². The van der Waals surface area contributed by atoms with Crippen LogP contribution in [0.3, 0.4) is 0 Å². The van der Waals surface area contributed by atoms with Crippen LogP contribution in [-0.4, -0.2) is 37.2 Å². The van der Waals surface area contributed by atoms with Crippen molar-refractivity contribution in [2.24, 2.45) is 0 Å². The Hall–Kier alpha value is -4.97. The lowest BCUT2D eigenvalue weighted by atomic mass is 10.1. The molecule has 6 nitrogen and oxygen atoms in total. The lowest BCUT2D eigenvalue weighted by Gasteiger charge is -2.18. The van der Waals surface area contributed by atoms with Crippen molar-refractivity contribution < 1.29 is 28.6 Å². The Morgan fingerprint density at radius 2 is 0.526 bits per heavy atom. The van der Waals surface area contributed by atoms with Gasteiger partial charge in [0.1, 0.15) is 13.2 Å².